The largest absolute Gasteiger partial charge is 0.378 e. The van der Waals surface area contributed by atoms with Gasteiger partial charge < -0.3 is 14.2 Å². The van der Waals surface area contributed by atoms with Crippen molar-refractivity contribution in [3.05, 3.63) is 57.7 Å². The zero-order valence-electron chi connectivity index (χ0n) is 15.4. The van der Waals surface area contributed by atoms with Crippen molar-refractivity contribution in [2.75, 3.05) is 32.8 Å². The van der Waals surface area contributed by atoms with Gasteiger partial charge in [-0.2, -0.15) is 0 Å². The highest BCUT2D eigenvalue weighted by Crippen LogP contribution is 2.32. The van der Waals surface area contributed by atoms with Crippen molar-refractivity contribution in [2.45, 2.75) is 0 Å². The lowest BCUT2D eigenvalue weighted by Gasteiger charge is -2.28. The number of benzene rings is 1. The Balaban J connectivity index is 1.53. The van der Waals surface area contributed by atoms with Crippen LogP contribution in [0.4, 0.5) is 4.79 Å². The number of rotatable bonds is 4. The molecule has 0 spiro atoms. The van der Waals surface area contributed by atoms with Crippen molar-refractivity contribution < 1.29 is 19.1 Å². The van der Waals surface area contributed by atoms with Gasteiger partial charge in [0.25, 0.3) is 11.1 Å². The normalized spacial score (nSPS) is 18.7. The summed E-state index contributed by atoms with van der Waals surface area (Å²) in [6.07, 6.45) is 3.57. The Labute approximate surface area is 180 Å². The van der Waals surface area contributed by atoms with E-state index in [-0.39, 0.29) is 12.5 Å². The SMILES string of the molecule is O=C(CN1C(=O)S/C(=C/c2cccn2-c2cccc(Br)c2)C1=O)N1CCOCC1. The van der Waals surface area contributed by atoms with Crippen LogP contribution in [0.15, 0.2) is 52.0 Å². The standard InChI is InChI=1S/C20H18BrN3O4S/c21-14-3-1-4-15(11-14)23-6-2-5-16(23)12-17-19(26)24(20(27)29-17)13-18(25)22-7-9-28-10-8-22/h1-6,11-12H,7-10,13H2/b17-12+. The molecule has 0 bridgehead atoms. The van der Waals surface area contributed by atoms with E-state index in [9.17, 15) is 14.4 Å². The van der Waals surface area contributed by atoms with E-state index in [4.69, 9.17) is 4.74 Å². The fraction of sp³-hybridized carbons (Fsp3) is 0.250. The number of carbonyl (C=O) groups excluding carboxylic acids is 3. The maximum Gasteiger partial charge on any atom is 0.294 e. The molecule has 0 unspecified atom stereocenters. The van der Waals surface area contributed by atoms with Crippen molar-refractivity contribution in [2.24, 2.45) is 0 Å². The Morgan fingerprint density at radius 1 is 1.17 bits per heavy atom. The average molecular weight is 476 g/mol. The molecule has 29 heavy (non-hydrogen) atoms. The highest BCUT2D eigenvalue weighted by Gasteiger charge is 2.37. The molecule has 9 heteroatoms. The van der Waals surface area contributed by atoms with Gasteiger partial charge in [0.2, 0.25) is 5.91 Å². The van der Waals surface area contributed by atoms with Crippen LogP contribution in [0.3, 0.4) is 0 Å². The quantitative estimate of drug-likeness (QED) is 0.635. The minimum absolute atomic E-state index is 0.241. The second-order valence-electron chi connectivity index (χ2n) is 6.54. The Hall–Kier alpha value is -2.36. The zero-order valence-corrected chi connectivity index (χ0v) is 17.8. The lowest BCUT2D eigenvalue weighted by molar-refractivity contribution is -0.139. The van der Waals surface area contributed by atoms with E-state index in [1.807, 2.05) is 47.2 Å². The second kappa shape index (κ2) is 8.56. The summed E-state index contributed by atoms with van der Waals surface area (Å²) in [5.74, 6) is -0.682. The maximum absolute atomic E-state index is 12.8. The van der Waals surface area contributed by atoms with Gasteiger partial charge in [-0.05, 0) is 48.2 Å². The smallest absolute Gasteiger partial charge is 0.294 e. The van der Waals surface area contributed by atoms with Crippen molar-refractivity contribution in [3.8, 4) is 5.69 Å². The van der Waals surface area contributed by atoms with Crippen molar-refractivity contribution >= 4 is 50.8 Å². The first-order valence-electron chi connectivity index (χ1n) is 9.07. The topological polar surface area (TPSA) is 71.9 Å². The summed E-state index contributed by atoms with van der Waals surface area (Å²) in [5.41, 5.74) is 1.70. The van der Waals surface area contributed by atoms with Crippen LogP contribution in [0.5, 0.6) is 0 Å². The molecular weight excluding hydrogens is 458 g/mol. The summed E-state index contributed by atoms with van der Waals surface area (Å²) in [5, 5.41) is -0.427. The minimum Gasteiger partial charge on any atom is -0.378 e. The van der Waals surface area contributed by atoms with Crippen LogP contribution < -0.4 is 0 Å². The van der Waals surface area contributed by atoms with Gasteiger partial charge in [0.15, 0.2) is 0 Å². The third kappa shape index (κ3) is 4.31. The van der Waals surface area contributed by atoms with Crippen molar-refractivity contribution in [1.82, 2.24) is 14.4 Å². The molecule has 1 aromatic carbocycles. The Bertz CT molecular complexity index is 997. The van der Waals surface area contributed by atoms with Gasteiger partial charge in [0.1, 0.15) is 6.54 Å². The fourth-order valence-electron chi connectivity index (χ4n) is 3.19. The number of nitrogens with zero attached hydrogens (tertiary/aromatic N) is 3. The molecule has 1 aromatic heterocycles. The summed E-state index contributed by atoms with van der Waals surface area (Å²) in [6.45, 7) is 1.66. The summed E-state index contributed by atoms with van der Waals surface area (Å²) >= 11 is 4.32. The zero-order chi connectivity index (χ0) is 20.4. The number of amides is 3. The number of thioether (sulfide) groups is 1. The molecule has 2 aromatic rings. The van der Waals surface area contributed by atoms with Gasteiger partial charge in [0.05, 0.1) is 18.1 Å². The van der Waals surface area contributed by atoms with Gasteiger partial charge >= 0.3 is 0 Å². The molecule has 2 aliphatic rings. The van der Waals surface area contributed by atoms with Crippen LogP contribution in [0, 0.1) is 0 Å². The lowest BCUT2D eigenvalue weighted by atomic mass is 10.3. The molecule has 0 aliphatic carbocycles. The summed E-state index contributed by atoms with van der Waals surface area (Å²) < 4.78 is 8.10. The summed E-state index contributed by atoms with van der Waals surface area (Å²) in [7, 11) is 0. The van der Waals surface area contributed by atoms with Crippen LogP contribution in [0.25, 0.3) is 11.8 Å². The van der Waals surface area contributed by atoms with Crippen LogP contribution in [0.1, 0.15) is 5.69 Å². The number of carbonyl (C=O) groups is 3. The van der Waals surface area contributed by atoms with Gasteiger partial charge in [0, 0.05) is 35.1 Å². The summed E-state index contributed by atoms with van der Waals surface area (Å²) in [6, 6.07) is 11.5. The number of morpholine rings is 1. The molecular formula is C20H18BrN3O4S. The number of halogens is 1. The van der Waals surface area contributed by atoms with Crippen molar-refractivity contribution in [1.29, 1.82) is 0 Å². The lowest BCUT2D eigenvalue weighted by Crippen LogP contribution is -2.46. The average Bonchev–Trinajstić information content (AvgIpc) is 3.29. The molecule has 0 saturated carbocycles. The van der Waals surface area contributed by atoms with Crippen LogP contribution in [-0.2, 0) is 14.3 Å². The first-order chi connectivity index (χ1) is 14.0. The highest BCUT2D eigenvalue weighted by molar-refractivity contribution is 9.10. The third-order valence-corrected chi connectivity index (χ3v) is 6.08. The number of imide groups is 1. The van der Waals surface area contributed by atoms with E-state index in [1.165, 1.54) is 0 Å². The number of aromatic nitrogens is 1. The van der Waals surface area contributed by atoms with Gasteiger partial charge in [-0.15, -0.1) is 0 Å². The first-order valence-corrected chi connectivity index (χ1v) is 10.7. The summed E-state index contributed by atoms with van der Waals surface area (Å²) in [4.78, 5) is 40.5. The van der Waals surface area contributed by atoms with Crippen LogP contribution in [0.2, 0.25) is 0 Å². The first kappa shape index (κ1) is 19.9. The predicted octanol–water partition coefficient (Wildman–Crippen LogP) is 3.13. The number of ether oxygens (including phenoxy) is 1. The molecule has 3 heterocycles. The molecule has 0 atom stereocenters. The van der Waals surface area contributed by atoms with E-state index in [1.54, 1.807) is 11.0 Å². The Morgan fingerprint density at radius 2 is 1.97 bits per heavy atom. The van der Waals surface area contributed by atoms with Gasteiger partial charge in [-0.25, -0.2) is 0 Å². The molecule has 4 rings (SSSR count). The van der Waals surface area contributed by atoms with E-state index < -0.39 is 11.1 Å². The Kier molecular flexibility index (Phi) is 5.89. The Morgan fingerprint density at radius 3 is 2.72 bits per heavy atom. The number of hydrogen-bond donors (Lipinski definition) is 0. The van der Waals surface area contributed by atoms with E-state index in [0.717, 1.165) is 32.5 Å². The highest BCUT2D eigenvalue weighted by atomic mass is 79.9. The van der Waals surface area contributed by atoms with E-state index in [2.05, 4.69) is 15.9 Å². The monoisotopic (exact) mass is 475 g/mol. The van der Waals surface area contributed by atoms with Crippen molar-refractivity contribution in [3.63, 3.8) is 0 Å². The molecule has 0 N–H and O–H groups in total. The molecule has 3 amide bonds. The predicted molar refractivity (Wildman–Crippen MR) is 114 cm³/mol. The van der Waals surface area contributed by atoms with E-state index >= 15 is 0 Å². The van der Waals surface area contributed by atoms with Crippen LogP contribution in [-0.4, -0.2) is 64.3 Å². The minimum atomic E-state index is -0.441. The van der Waals surface area contributed by atoms with E-state index in [0.29, 0.717) is 31.2 Å². The second-order valence-corrected chi connectivity index (χ2v) is 8.45. The molecule has 150 valence electrons. The third-order valence-electron chi connectivity index (χ3n) is 4.68. The maximum atomic E-state index is 12.8. The molecule has 2 aliphatic heterocycles. The molecule has 0 radical (unpaired) electrons. The van der Waals surface area contributed by atoms with Crippen LogP contribution >= 0.6 is 27.7 Å². The molecule has 7 nitrogen and oxygen atoms in total. The number of hydrogen-bond acceptors (Lipinski definition) is 5. The molecule has 2 saturated heterocycles. The van der Waals surface area contributed by atoms with Gasteiger partial charge in [-0.3, -0.25) is 19.3 Å². The molecule has 2 fully saturated rings. The fourth-order valence-corrected chi connectivity index (χ4v) is 4.40. The van der Waals surface area contributed by atoms with Gasteiger partial charge in [-0.1, -0.05) is 22.0 Å².